The van der Waals surface area contributed by atoms with Crippen LogP contribution in [0, 0.1) is 11.3 Å². The maximum atomic E-state index is 12.4. The summed E-state index contributed by atoms with van der Waals surface area (Å²) < 4.78 is 0. The molecule has 0 atom stereocenters. The van der Waals surface area contributed by atoms with E-state index >= 15 is 0 Å². The summed E-state index contributed by atoms with van der Waals surface area (Å²) in [4.78, 5) is 38.2. The fraction of sp³-hybridized carbons (Fsp3) is 0.100. The lowest BCUT2D eigenvalue weighted by atomic mass is 10.1. The summed E-state index contributed by atoms with van der Waals surface area (Å²) in [6.07, 6.45) is 0.336. The van der Waals surface area contributed by atoms with E-state index in [9.17, 15) is 14.4 Å². The van der Waals surface area contributed by atoms with Crippen LogP contribution in [-0.4, -0.2) is 39.4 Å². The summed E-state index contributed by atoms with van der Waals surface area (Å²) in [5, 5.41) is 20.4. The zero-order valence-electron chi connectivity index (χ0n) is 15.0. The second-order valence-electron chi connectivity index (χ2n) is 6.21. The monoisotopic (exact) mass is 403 g/mol. The van der Waals surface area contributed by atoms with Crippen LogP contribution in [0.2, 0.25) is 0 Å². The predicted molar refractivity (Wildman–Crippen MR) is 105 cm³/mol. The van der Waals surface area contributed by atoms with Gasteiger partial charge in [0.05, 0.1) is 22.8 Å². The van der Waals surface area contributed by atoms with Crippen LogP contribution in [-0.2, 0) is 6.42 Å². The summed E-state index contributed by atoms with van der Waals surface area (Å²) in [6.45, 7) is 0.180. The molecular formula is C20H13N5O3S. The Bertz CT molecular complexity index is 1150. The van der Waals surface area contributed by atoms with Crippen molar-refractivity contribution in [2.24, 2.45) is 0 Å². The first-order valence-corrected chi connectivity index (χ1v) is 9.47. The number of hydrogen-bond acceptors (Lipinski definition) is 7. The highest BCUT2D eigenvalue weighted by Crippen LogP contribution is 2.23. The third-order valence-electron chi connectivity index (χ3n) is 4.37. The molecule has 1 aliphatic rings. The highest BCUT2D eigenvalue weighted by Gasteiger charge is 2.34. The minimum Gasteiger partial charge on any atom is -0.296 e. The SMILES string of the molecule is N#Cc1cccc(C(=O)Nc2nnc(CCN3C(=O)c4ccccc4C3=O)s2)c1. The zero-order chi connectivity index (χ0) is 20.4. The van der Waals surface area contributed by atoms with E-state index in [0.29, 0.717) is 38.8 Å². The average Bonchev–Trinajstić information content (AvgIpc) is 3.29. The molecule has 0 saturated heterocycles. The van der Waals surface area contributed by atoms with Crippen LogP contribution in [0.3, 0.4) is 0 Å². The second kappa shape index (κ2) is 7.61. The molecule has 0 radical (unpaired) electrons. The van der Waals surface area contributed by atoms with E-state index < -0.39 is 5.91 Å². The van der Waals surface area contributed by atoms with Crippen LogP contribution >= 0.6 is 11.3 Å². The number of fused-ring (bicyclic) bond motifs is 1. The third-order valence-corrected chi connectivity index (χ3v) is 5.27. The lowest BCUT2D eigenvalue weighted by Crippen LogP contribution is -2.31. The molecule has 29 heavy (non-hydrogen) atoms. The van der Waals surface area contributed by atoms with Gasteiger partial charge in [0, 0.05) is 18.5 Å². The van der Waals surface area contributed by atoms with Gasteiger partial charge in [0.15, 0.2) is 0 Å². The van der Waals surface area contributed by atoms with E-state index in [4.69, 9.17) is 5.26 Å². The third kappa shape index (κ3) is 3.61. The number of nitrogens with zero attached hydrogens (tertiary/aromatic N) is 4. The average molecular weight is 403 g/mol. The Hall–Kier alpha value is -3.90. The van der Waals surface area contributed by atoms with Crippen molar-refractivity contribution in [3.63, 3.8) is 0 Å². The Balaban J connectivity index is 1.39. The van der Waals surface area contributed by atoms with Crippen LogP contribution in [0.5, 0.6) is 0 Å². The standard InChI is InChI=1S/C20H13N5O3S/c21-11-12-4-3-5-13(10-12)17(26)22-20-24-23-16(29-20)8-9-25-18(27)14-6-1-2-7-15(14)19(25)28/h1-7,10H,8-9H2,(H,22,24,26). The molecule has 2 aromatic carbocycles. The van der Waals surface area contributed by atoms with Crippen molar-refractivity contribution < 1.29 is 14.4 Å². The van der Waals surface area contributed by atoms with Gasteiger partial charge >= 0.3 is 0 Å². The fourth-order valence-corrected chi connectivity index (χ4v) is 3.68. The molecule has 0 saturated carbocycles. The Morgan fingerprint density at radius 3 is 2.48 bits per heavy atom. The number of aromatic nitrogens is 2. The van der Waals surface area contributed by atoms with Crippen LogP contribution < -0.4 is 5.32 Å². The molecule has 1 N–H and O–H groups in total. The quantitative estimate of drug-likeness (QED) is 0.654. The first-order valence-electron chi connectivity index (χ1n) is 8.66. The van der Waals surface area contributed by atoms with Crippen molar-refractivity contribution in [3.05, 3.63) is 75.8 Å². The number of anilines is 1. The van der Waals surface area contributed by atoms with Crippen molar-refractivity contribution in [1.29, 1.82) is 5.26 Å². The van der Waals surface area contributed by atoms with E-state index in [-0.39, 0.29) is 18.4 Å². The number of amides is 3. The Morgan fingerprint density at radius 2 is 1.79 bits per heavy atom. The van der Waals surface area contributed by atoms with Crippen molar-refractivity contribution in [2.45, 2.75) is 6.42 Å². The number of carbonyl (C=O) groups excluding carboxylic acids is 3. The van der Waals surface area contributed by atoms with Gasteiger partial charge in [-0.25, -0.2) is 0 Å². The molecule has 1 aliphatic heterocycles. The van der Waals surface area contributed by atoms with Crippen LogP contribution in [0.15, 0.2) is 48.5 Å². The summed E-state index contributed by atoms with van der Waals surface area (Å²) >= 11 is 1.17. The smallest absolute Gasteiger partial charge is 0.261 e. The molecule has 4 rings (SSSR count). The Labute approximate surface area is 169 Å². The molecule has 3 aromatic rings. The van der Waals surface area contributed by atoms with Gasteiger partial charge in [-0.2, -0.15) is 5.26 Å². The first-order chi connectivity index (χ1) is 14.1. The molecule has 9 heteroatoms. The van der Waals surface area contributed by atoms with Crippen molar-refractivity contribution in [3.8, 4) is 6.07 Å². The number of carbonyl (C=O) groups is 3. The van der Waals surface area contributed by atoms with Gasteiger partial charge in [-0.15, -0.1) is 10.2 Å². The molecular weight excluding hydrogens is 390 g/mol. The molecule has 2 heterocycles. The van der Waals surface area contributed by atoms with Crippen molar-refractivity contribution in [2.75, 3.05) is 11.9 Å². The summed E-state index contributed by atoms with van der Waals surface area (Å²) in [7, 11) is 0. The van der Waals surface area contributed by atoms with Crippen LogP contribution in [0.4, 0.5) is 5.13 Å². The van der Waals surface area contributed by atoms with Gasteiger partial charge in [-0.1, -0.05) is 29.5 Å². The molecule has 0 spiro atoms. The molecule has 0 unspecified atom stereocenters. The van der Waals surface area contributed by atoms with E-state index in [1.807, 2.05) is 6.07 Å². The van der Waals surface area contributed by atoms with E-state index in [1.165, 1.54) is 22.3 Å². The van der Waals surface area contributed by atoms with E-state index in [2.05, 4.69) is 15.5 Å². The van der Waals surface area contributed by atoms with Crippen molar-refractivity contribution >= 4 is 34.2 Å². The maximum Gasteiger partial charge on any atom is 0.261 e. The largest absolute Gasteiger partial charge is 0.296 e. The Morgan fingerprint density at radius 1 is 1.07 bits per heavy atom. The molecule has 0 aliphatic carbocycles. The van der Waals surface area contributed by atoms with Crippen molar-refractivity contribution in [1.82, 2.24) is 15.1 Å². The Kier molecular flexibility index (Phi) is 4.85. The molecule has 3 amide bonds. The number of rotatable bonds is 5. The van der Waals surface area contributed by atoms with Gasteiger partial charge < -0.3 is 0 Å². The fourth-order valence-electron chi connectivity index (χ4n) is 2.95. The number of nitriles is 1. The normalized spacial score (nSPS) is 12.6. The highest BCUT2D eigenvalue weighted by atomic mass is 32.1. The second-order valence-corrected chi connectivity index (χ2v) is 7.27. The minimum absolute atomic E-state index is 0.180. The molecule has 8 nitrogen and oxygen atoms in total. The number of nitrogens with one attached hydrogen (secondary N) is 1. The molecule has 0 bridgehead atoms. The highest BCUT2D eigenvalue weighted by molar-refractivity contribution is 7.15. The zero-order valence-corrected chi connectivity index (χ0v) is 15.8. The van der Waals surface area contributed by atoms with Gasteiger partial charge in [0.25, 0.3) is 17.7 Å². The number of hydrogen-bond donors (Lipinski definition) is 1. The lowest BCUT2D eigenvalue weighted by Gasteiger charge is -2.12. The van der Waals surface area contributed by atoms with E-state index in [0.717, 1.165) is 0 Å². The number of imide groups is 1. The molecule has 142 valence electrons. The summed E-state index contributed by atoms with van der Waals surface area (Å²) in [5.74, 6) is -1.04. The molecule has 1 aromatic heterocycles. The van der Waals surface area contributed by atoms with Gasteiger partial charge in [0.1, 0.15) is 5.01 Å². The van der Waals surface area contributed by atoms with E-state index in [1.54, 1.807) is 42.5 Å². The predicted octanol–water partition coefficient (Wildman–Crippen LogP) is 2.50. The molecule has 0 fully saturated rings. The maximum absolute atomic E-state index is 12.4. The van der Waals surface area contributed by atoms with Crippen LogP contribution in [0.25, 0.3) is 0 Å². The first kappa shape index (κ1) is 18.5. The van der Waals surface area contributed by atoms with Gasteiger partial charge in [0.2, 0.25) is 5.13 Å². The van der Waals surface area contributed by atoms with Crippen LogP contribution in [0.1, 0.15) is 41.6 Å². The number of benzene rings is 2. The summed E-state index contributed by atoms with van der Waals surface area (Å²) in [5.41, 5.74) is 1.54. The van der Waals surface area contributed by atoms with Gasteiger partial charge in [-0.05, 0) is 30.3 Å². The van der Waals surface area contributed by atoms with Gasteiger partial charge in [-0.3, -0.25) is 24.6 Å². The summed E-state index contributed by atoms with van der Waals surface area (Å²) in [6, 6.07) is 15.0. The topological polar surface area (TPSA) is 116 Å². The minimum atomic E-state index is -0.398. The lowest BCUT2D eigenvalue weighted by molar-refractivity contribution is 0.0655.